The van der Waals surface area contributed by atoms with Gasteiger partial charge in [0.2, 0.25) is 0 Å². The summed E-state index contributed by atoms with van der Waals surface area (Å²) in [6, 6.07) is 85.9. The summed E-state index contributed by atoms with van der Waals surface area (Å²) in [6.45, 7) is 0. The van der Waals surface area contributed by atoms with Gasteiger partial charge >= 0.3 is 0 Å². The molecule has 0 spiro atoms. The van der Waals surface area contributed by atoms with Crippen molar-refractivity contribution in [3.8, 4) is 113 Å². The summed E-state index contributed by atoms with van der Waals surface area (Å²) in [5.41, 5.74) is 16.4. The molecule has 0 fully saturated rings. The molecule has 5 nitrogen and oxygen atoms in total. The highest BCUT2D eigenvalue weighted by molar-refractivity contribution is 5.79. The number of benzene rings is 9. The van der Waals surface area contributed by atoms with E-state index in [1.165, 1.54) is 5.56 Å². The SMILES string of the molecule is c1ccc(-c2ccc(-c3cc(-c4cccc(-c5cccc(-c6nc(-c7ccc(-c8ccccc8)cc7)nc(-c7ccc(-c8ccccc8)cc7)n6)c5)c4)nc(-c4ccccc4)n3)cc2)cc1. The molecule has 5 heteroatoms. The summed E-state index contributed by atoms with van der Waals surface area (Å²) in [6.07, 6.45) is 0. The Morgan fingerprint density at radius 2 is 0.409 bits per heavy atom. The van der Waals surface area contributed by atoms with Crippen LogP contribution in [0.3, 0.4) is 0 Å². The summed E-state index contributed by atoms with van der Waals surface area (Å²) in [4.78, 5) is 25.6. The molecule has 0 saturated carbocycles. The van der Waals surface area contributed by atoms with E-state index in [1.54, 1.807) is 0 Å². The van der Waals surface area contributed by atoms with Crippen LogP contribution in [0.4, 0.5) is 0 Å². The van der Waals surface area contributed by atoms with Gasteiger partial charge in [0.05, 0.1) is 11.4 Å². The van der Waals surface area contributed by atoms with Crippen molar-refractivity contribution >= 4 is 0 Å². The van der Waals surface area contributed by atoms with E-state index in [-0.39, 0.29) is 0 Å². The normalized spacial score (nSPS) is 11.0. The quantitative estimate of drug-likeness (QED) is 0.137. The van der Waals surface area contributed by atoms with Crippen molar-refractivity contribution in [2.45, 2.75) is 0 Å². The zero-order valence-corrected chi connectivity index (χ0v) is 35.9. The molecule has 2 aromatic heterocycles. The average Bonchev–Trinajstić information content (AvgIpc) is 3.42. The lowest BCUT2D eigenvalue weighted by Gasteiger charge is -2.12. The number of hydrogen-bond donors (Lipinski definition) is 0. The molecular weight excluding hydrogens is 803 g/mol. The van der Waals surface area contributed by atoms with Gasteiger partial charge in [-0.3, -0.25) is 0 Å². The molecule has 0 aliphatic carbocycles. The molecule has 0 N–H and O–H groups in total. The van der Waals surface area contributed by atoms with E-state index in [1.807, 2.05) is 36.4 Å². The maximum Gasteiger partial charge on any atom is 0.164 e. The molecule has 0 saturated heterocycles. The van der Waals surface area contributed by atoms with Crippen LogP contribution < -0.4 is 0 Å². The predicted molar refractivity (Wildman–Crippen MR) is 270 cm³/mol. The highest BCUT2D eigenvalue weighted by Crippen LogP contribution is 2.34. The predicted octanol–water partition coefficient (Wildman–Crippen LogP) is 15.3. The second kappa shape index (κ2) is 18.0. The molecule has 0 radical (unpaired) electrons. The smallest absolute Gasteiger partial charge is 0.164 e. The minimum atomic E-state index is 0.596. The molecule has 0 atom stereocenters. The van der Waals surface area contributed by atoms with Crippen LogP contribution >= 0.6 is 0 Å². The van der Waals surface area contributed by atoms with Gasteiger partial charge in [-0.25, -0.2) is 24.9 Å². The Hall–Kier alpha value is -8.93. The summed E-state index contributed by atoms with van der Waals surface area (Å²) in [7, 11) is 0. The van der Waals surface area contributed by atoms with Crippen LogP contribution in [0.15, 0.2) is 249 Å². The molecule has 0 bridgehead atoms. The first-order valence-corrected chi connectivity index (χ1v) is 22.1. The van der Waals surface area contributed by atoms with Gasteiger partial charge in [-0.2, -0.15) is 0 Å². The van der Waals surface area contributed by atoms with E-state index in [0.717, 1.165) is 83.7 Å². The van der Waals surface area contributed by atoms with Crippen molar-refractivity contribution in [2.75, 3.05) is 0 Å². The van der Waals surface area contributed by atoms with Crippen LogP contribution in [0.5, 0.6) is 0 Å². The molecule has 11 aromatic rings. The molecule has 9 aromatic carbocycles. The van der Waals surface area contributed by atoms with Gasteiger partial charge in [-0.05, 0) is 62.7 Å². The topological polar surface area (TPSA) is 64.5 Å². The first kappa shape index (κ1) is 39.9. The van der Waals surface area contributed by atoms with Crippen molar-refractivity contribution in [2.24, 2.45) is 0 Å². The molecule has 310 valence electrons. The zero-order chi connectivity index (χ0) is 44.1. The molecule has 0 aliphatic heterocycles. The Kier molecular flexibility index (Phi) is 10.9. The lowest BCUT2D eigenvalue weighted by molar-refractivity contribution is 1.07. The number of rotatable bonds is 10. The fraction of sp³-hybridized carbons (Fsp3) is 0. The molecular formula is C61H41N5. The number of hydrogen-bond acceptors (Lipinski definition) is 5. The molecule has 66 heavy (non-hydrogen) atoms. The summed E-state index contributed by atoms with van der Waals surface area (Å²) in [5, 5.41) is 0. The van der Waals surface area contributed by atoms with Gasteiger partial charge in [-0.1, -0.05) is 231 Å². The van der Waals surface area contributed by atoms with Crippen LogP contribution in [-0.4, -0.2) is 24.9 Å². The van der Waals surface area contributed by atoms with Gasteiger partial charge in [0.15, 0.2) is 23.3 Å². The minimum Gasteiger partial charge on any atom is -0.228 e. The van der Waals surface area contributed by atoms with Gasteiger partial charge < -0.3 is 0 Å². The van der Waals surface area contributed by atoms with Crippen LogP contribution in [0.1, 0.15) is 0 Å². The maximum absolute atomic E-state index is 5.15. The van der Waals surface area contributed by atoms with E-state index in [4.69, 9.17) is 24.9 Å². The highest BCUT2D eigenvalue weighted by Gasteiger charge is 2.16. The van der Waals surface area contributed by atoms with Crippen LogP contribution in [0.25, 0.3) is 113 Å². The van der Waals surface area contributed by atoms with E-state index in [9.17, 15) is 0 Å². The fourth-order valence-electron chi connectivity index (χ4n) is 8.27. The third-order valence-electron chi connectivity index (χ3n) is 11.8. The van der Waals surface area contributed by atoms with E-state index < -0.39 is 0 Å². The number of aromatic nitrogens is 5. The van der Waals surface area contributed by atoms with Gasteiger partial charge in [-0.15, -0.1) is 0 Å². The fourth-order valence-corrected chi connectivity index (χ4v) is 8.27. The third-order valence-corrected chi connectivity index (χ3v) is 11.8. The van der Waals surface area contributed by atoms with Crippen molar-refractivity contribution < 1.29 is 0 Å². The van der Waals surface area contributed by atoms with Crippen molar-refractivity contribution in [3.63, 3.8) is 0 Å². The monoisotopic (exact) mass is 843 g/mol. The van der Waals surface area contributed by atoms with Crippen LogP contribution in [-0.2, 0) is 0 Å². The lowest BCUT2D eigenvalue weighted by atomic mass is 9.98. The number of nitrogens with zero attached hydrogens (tertiary/aromatic N) is 5. The third kappa shape index (κ3) is 8.57. The minimum absolute atomic E-state index is 0.596. The van der Waals surface area contributed by atoms with Crippen molar-refractivity contribution in [1.82, 2.24) is 24.9 Å². The zero-order valence-electron chi connectivity index (χ0n) is 35.9. The molecule has 2 heterocycles. The first-order chi connectivity index (χ1) is 32.7. The van der Waals surface area contributed by atoms with Gasteiger partial charge in [0.1, 0.15) is 0 Å². The Labute approximate surface area is 384 Å². The maximum atomic E-state index is 5.15. The average molecular weight is 844 g/mol. The molecule has 11 rings (SSSR count). The van der Waals surface area contributed by atoms with Gasteiger partial charge in [0.25, 0.3) is 0 Å². The standard InChI is InChI=1S/C61H41N5/c1-5-15-42(16-6-1)45-27-33-48(34-28-45)56-41-57(63-58(62-56)49-21-11-4-12-22-49)54-25-13-23-52(39-54)53-24-14-26-55(40-53)61-65-59(50-35-29-46(30-36-50)43-17-7-2-8-18-43)64-60(66-61)51-37-31-47(32-38-51)44-19-9-3-10-20-44/h1-41H. The molecule has 0 aliphatic rings. The van der Waals surface area contributed by atoms with E-state index in [2.05, 4.69) is 212 Å². The van der Waals surface area contributed by atoms with Crippen molar-refractivity contribution in [1.29, 1.82) is 0 Å². The Morgan fingerprint density at radius 3 is 0.848 bits per heavy atom. The second-order valence-electron chi connectivity index (χ2n) is 16.1. The second-order valence-corrected chi connectivity index (χ2v) is 16.1. The Balaban J connectivity index is 0.962. The lowest BCUT2D eigenvalue weighted by Crippen LogP contribution is -2.00. The Morgan fingerprint density at radius 1 is 0.152 bits per heavy atom. The van der Waals surface area contributed by atoms with E-state index in [0.29, 0.717) is 23.3 Å². The van der Waals surface area contributed by atoms with Crippen LogP contribution in [0, 0.1) is 0 Å². The molecule has 0 unspecified atom stereocenters. The Bertz CT molecular complexity index is 3310. The van der Waals surface area contributed by atoms with Crippen molar-refractivity contribution in [3.05, 3.63) is 249 Å². The summed E-state index contributed by atoms with van der Waals surface area (Å²) < 4.78 is 0. The largest absolute Gasteiger partial charge is 0.228 e. The summed E-state index contributed by atoms with van der Waals surface area (Å²) >= 11 is 0. The summed E-state index contributed by atoms with van der Waals surface area (Å²) in [5.74, 6) is 2.49. The molecule has 0 amide bonds. The van der Waals surface area contributed by atoms with Gasteiger partial charge in [0, 0.05) is 33.4 Å². The van der Waals surface area contributed by atoms with Crippen LogP contribution in [0.2, 0.25) is 0 Å². The first-order valence-electron chi connectivity index (χ1n) is 22.1. The highest BCUT2D eigenvalue weighted by atomic mass is 15.0. The van der Waals surface area contributed by atoms with E-state index >= 15 is 0 Å².